The second kappa shape index (κ2) is 7.16. The van der Waals surface area contributed by atoms with Crippen LogP contribution in [0.15, 0.2) is 30.9 Å². The van der Waals surface area contributed by atoms with E-state index in [0.29, 0.717) is 22.3 Å². The van der Waals surface area contributed by atoms with Crippen LogP contribution < -0.4 is 5.32 Å². The van der Waals surface area contributed by atoms with Gasteiger partial charge in [0, 0.05) is 18.5 Å². The first kappa shape index (κ1) is 15.5. The maximum Gasteiger partial charge on any atom is 0.244 e. The number of hydrogen-bond donors (Lipinski definition) is 1. The van der Waals surface area contributed by atoms with Gasteiger partial charge in [-0.1, -0.05) is 29.3 Å². The van der Waals surface area contributed by atoms with Crippen molar-refractivity contribution in [1.29, 1.82) is 0 Å². The average Bonchev–Trinajstić information content (AvgIpc) is 2.33. The topological polar surface area (TPSA) is 49.4 Å². The van der Waals surface area contributed by atoms with Crippen molar-refractivity contribution in [3.63, 3.8) is 0 Å². The molecule has 0 heterocycles. The summed E-state index contributed by atoms with van der Waals surface area (Å²) in [7, 11) is 0. The minimum atomic E-state index is -0.346. The molecule has 0 aliphatic rings. The molecule has 0 aromatic heterocycles. The van der Waals surface area contributed by atoms with Crippen molar-refractivity contribution in [3.8, 4) is 0 Å². The molecule has 1 aromatic carbocycles. The van der Waals surface area contributed by atoms with Crippen molar-refractivity contribution in [2.24, 2.45) is 0 Å². The normalized spacial score (nSPS) is 9.84. The highest BCUT2D eigenvalue weighted by atomic mass is 35.5. The van der Waals surface area contributed by atoms with Crippen molar-refractivity contribution in [2.75, 3.05) is 18.4 Å². The summed E-state index contributed by atoms with van der Waals surface area (Å²) in [5, 5.41) is 3.46. The summed E-state index contributed by atoms with van der Waals surface area (Å²) in [6, 6.07) is 4.76. The predicted octanol–water partition coefficient (Wildman–Crippen LogP) is 2.97. The van der Waals surface area contributed by atoms with Crippen LogP contribution in [0.2, 0.25) is 10.0 Å². The zero-order chi connectivity index (χ0) is 14.4. The lowest BCUT2D eigenvalue weighted by molar-refractivity contribution is -0.132. The van der Waals surface area contributed by atoms with Gasteiger partial charge in [-0.2, -0.15) is 0 Å². The minimum Gasteiger partial charge on any atom is -0.330 e. The summed E-state index contributed by atoms with van der Waals surface area (Å²) in [5.41, 5.74) is 0.418. The lowest BCUT2D eigenvalue weighted by Gasteiger charge is -2.18. The molecule has 1 rings (SSSR count). The van der Waals surface area contributed by atoms with Crippen molar-refractivity contribution >= 4 is 40.7 Å². The van der Waals surface area contributed by atoms with Crippen molar-refractivity contribution in [1.82, 2.24) is 4.90 Å². The summed E-state index contributed by atoms with van der Waals surface area (Å²) >= 11 is 11.7. The molecule has 102 valence electrons. The van der Waals surface area contributed by atoms with E-state index in [1.807, 2.05) is 0 Å². The molecular weight excluding hydrogens is 287 g/mol. The third-order valence-corrected chi connectivity index (χ3v) is 2.90. The Bertz CT molecular complexity index is 503. The number of benzene rings is 1. The van der Waals surface area contributed by atoms with Crippen LogP contribution in [0.4, 0.5) is 5.69 Å². The Hall–Kier alpha value is -1.52. The second-order valence-electron chi connectivity index (χ2n) is 3.86. The Labute approximate surface area is 122 Å². The molecule has 0 aliphatic carbocycles. The van der Waals surface area contributed by atoms with Gasteiger partial charge in [0.2, 0.25) is 11.8 Å². The van der Waals surface area contributed by atoms with Crippen LogP contribution in [0.3, 0.4) is 0 Å². The maximum absolute atomic E-state index is 11.8. The predicted molar refractivity (Wildman–Crippen MR) is 77.5 cm³/mol. The number of nitrogens with one attached hydrogen (secondary N) is 1. The molecule has 4 nitrogen and oxygen atoms in total. The first-order valence-corrected chi connectivity index (χ1v) is 6.31. The summed E-state index contributed by atoms with van der Waals surface area (Å²) in [5.74, 6) is -0.548. The van der Waals surface area contributed by atoms with Gasteiger partial charge in [0.15, 0.2) is 0 Å². The smallest absolute Gasteiger partial charge is 0.244 e. The lowest BCUT2D eigenvalue weighted by Crippen LogP contribution is -2.36. The number of nitrogens with zero attached hydrogens (tertiary/aromatic N) is 1. The highest BCUT2D eigenvalue weighted by Crippen LogP contribution is 2.25. The van der Waals surface area contributed by atoms with E-state index in [2.05, 4.69) is 11.9 Å². The summed E-state index contributed by atoms with van der Waals surface area (Å²) in [6.45, 7) is 5.17. The Balaban J connectivity index is 2.71. The zero-order valence-corrected chi connectivity index (χ0v) is 12.0. The van der Waals surface area contributed by atoms with E-state index in [0.717, 1.165) is 0 Å². The molecule has 0 spiro atoms. The largest absolute Gasteiger partial charge is 0.330 e. The SMILES string of the molecule is C=CCN(CC(=O)Nc1cc(Cl)ccc1Cl)C(C)=O. The summed E-state index contributed by atoms with van der Waals surface area (Å²) in [6.07, 6.45) is 1.56. The van der Waals surface area contributed by atoms with E-state index in [1.54, 1.807) is 24.3 Å². The Morgan fingerprint density at radius 3 is 2.68 bits per heavy atom. The molecule has 0 saturated carbocycles. The van der Waals surface area contributed by atoms with Gasteiger partial charge < -0.3 is 10.2 Å². The molecular formula is C13H14Cl2N2O2. The van der Waals surface area contributed by atoms with Crippen LogP contribution in [-0.4, -0.2) is 29.8 Å². The van der Waals surface area contributed by atoms with Crippen molar-refractivity contribution in [3.05, 3.63) is 40.9 Å². The third-order valence-electron chi connectivity index (χ3n) is 2.33. The standard InChI is InChI=1S/C13H14Cl2N2O2/c1-3-6-17(9(2)18)8-13(19)16-12-7-10(14)4-5-11(12)15/h3-5,7H,1,6,8H2,2H3,(H,16,19). The molecule has 0 atom stereocenters. The number of carbonyl (C=O) groups excluding carboxylic acids is 2. The fourth-order valence-electron chi connectivity index (χ4n) is 1.42. The molecule has 1 N–H and O–H groups in total. The van der Waals surface area contributed by atoms with E-state index in [4.69, 9.17) is 23.2 Å². The first-order chi connectivity index (χ1) is 8.93. The third kappa shape index (κ3) is 4.93. The van der Waals surface area contributed by atoms with E-state index < -0.39 is 0 Å². The molecule has 0 bridgehead atoms. The average molecular weight is 301 g/mol. The van der Waals surface area contributed by atoms with Gasteiger partial charge in [-0.3, -0.25) is 9.59 Å². The van der Waals surface area contributed by atoms with E-state index >= 15 is 0 Å². The van der Waals surface area contributed by atoms with Crippen LogP contribution >= 0.6 is 23.2 Å². The second-order valence-corrected chi connectivity index (χ2v) is 4.70. The zero-order valence-electron chi connectivity index (χ0n) is 10.5. The molecule has 1 aromatic rings. The Morgan fingerprint density at radius 1 is 1.42 bits per heavy atom. The number of hydrogen-bond acceptors (Lipinski definition) is 2. The maximum atomic E-state index is 11.8. The summed E-state index contributed by atoms with van der Waals surface area (Å²) < 4.78 is 0. The van der Waals surface area contributed by atoms with Gasteiger partial charge in [-0.25, -0.2) is 0 Å². The van der Waals surface area contributed by atoms with E-state index in [1.165, 1.54) is 11.8 Å². The van der Waals surface area contributed by atoms with Gasteiger partial charge in [-0.05, 0) is 18.2 Å². The van der Waals surface area contributed by atoms with Crippen LogP contribution in [0.5, 0.6) is 0 Å². The van der Waals surface area contributed by atoms with E-state index in [9.17, 15) is 9.59 Å². The first-order valence-electron chi connectivity index (χ1n) is 5.55. The molecule has 0 fully saturated rings. The molecule has 0 radical (unpaired) electrons. The van der Waals surface area contributed by atoms with Crippen molar-refractivity contribution < 1.29 is 9.59 Å². The number of carbonyl (C=O) groups is 2. The highest BCUT2D eigenvalue weighted by molar-refractivity contribution is 6.35. The molecule has 19 heavy (non-hydrogen) atoms. The van der Waals surface area contributed by atoms with Gasteiger partial charge in [0.05, 0.1) is 10.7 Å². The number of anilines is 1. The quantitative estimate of drug-likeness (QED) is 0.850. The monoisotopic (exact) mass is 300 g/mol. The Kier molecular flexibility index (Phi) is 5.86. The van der Waals surface area contributed by atoms with Crippen LogP contribution in [0.1, 0.15) is 6.92 Å². The van der Waals surface area contributed by atoms with Crippen LogP contribution in [0, 0.1) is 0 Å². The number of rotatable bonds is 5. The fraction of sp³-hybridized carbons (Fsp3) is 0.231. The fourth-order valence-corrected chi connectivity index (χ4v) is 1.75. The van der Waals surface area contributed by atoms with Gasteiger partial charge in [0.1, 0.15) is 6.54 Å². The lowest BCUT2D eigenvalue weighted by atomic mass is 10.3. The molecule has 0 saturated heterocycles. The number of amides is 2. The van der Waals surface area contributed by atoms with Gasteiger partial charge >= 0.3 is 0 Å². The molecule has 2 amide bonds. The van der Waals surface area contributed by atoms with Crippen LogP contribution in [0.25, 0.3) is 0 Å². The highest BCUT2D eigenvalue weighted by Gasteiger charge is 2.13. The van der Waals surface area contributed by atoms with Crippen molar-refractivity contribution in [2.45, 2.75) is 6.92 Å². The van der Waals surface area contributed by atoms with Crippen LogP contribution in [-0.2, 0) is 9.59 Å². The van der Waals surface area contributed by atoms with Gasteiger partial charge in [-0.15, -0.1) is 6.58 Å². The summed E-state index contributed by atoms with van der Waals surface area (Å²) in [4.78, 5) is 24.5. The molecule has 6 heteroatoms. The molecule has 0 unspecified atom stereocenters. The minimum absolute atomic E-state index is 0.0653. The van der Waals surface area contributed by atoms with E-state index in [-0.39, 0.29) is 18.4 Å². The number of halogens is 2. The van der Waals surface area contributed by atoms with Gasteiger partial charge in [0.25, 0.3) is 0 Å². The molecule has 0 aliphatic heterocycles. The Morgan fingerprint density at radius 2 is 2.11 bits per heavy atom.